The second-order valence-electron chi connectivity index (χ2n) is 9.17. The van der Waals surface area contributed by atoms with Crippen molar-refractivity contribution in [2.45, 2.75) is 44.4 Å². The van der Waals surface area contributed by atoms with E-state index in [9.17, 15) is 5.11 Å². The molecular formula is C27H33Cl2N3O4. The Morgan fingerprint density at radius 1 is 1.03 bits per heavy atom. The Morgan fingerprint density at radius 2 is 1.92 bits per heavy atom. The van der Waals surface area contributed by atoms with Crippen molar-refractivity contribution in [3.8, 4) is 17.2 Å². The van der Waals surface area contributed by atoms with Crippen molar-refractivity contribution in [1.29, 1.82) is 0 Å². The number of rotatable bonds is 11. The zero-order valence-electron chi connectivity index (χ0n) is 20.5. The molecule has 1 fully saturated rings. The molecule has 2 heterocycles. The highest BCUT2D eigenvalue weighted by molar-refractivity contribution is 6.42. The number of hydrogen-bond donors (Lipinski definition) is 1. The molecule has 1 aromatic heterocycles. The lowest BCUT2D eigenvalue weighted by atomic mass is 9.96. The number of aryl methyl sites for hydroxylation is 1. The van der Waals surface area contributed by atoms with Gasteiger partial charge in [-0.25, -0.2) is 0 Å². The maximum atomic E-state index is 11.2. The molecule has 1 atom stereocenters. The van der Waals surface area contributed by atoms with Gasteiger partial charge < -0.3 is 19.3 Å². The predicted octanol–water partition coefficient (Wildman–Crippen LogP) is 5.46. The molecule has 9 heteroatoms. The fourth-order valence-corrected chi connectivity index (χ4v) is 4.64. The highest BCUT2D eigenvalue weighted by Gasteiger charge is 2.31. The van der Waals surface area contributed by atoms with Gasteiger partial charge in [-0.3, -0.25) is 9.58 Å². The number of likely N-dealkylation sites (tertiary alicyclic amines) is 1. The molecule has 1 saturated heterocycles. The van der Waals surface area contributed by atoms with Gasteiger partial charge in [0, 0.05) is 44.5 Å². The smallest absolute Gasteiger partial charge is 0.161 e. The van der Waals surface area contributed by atoms with Crippen LogP contribution in [-0.2, 0) is 13.1 Å². The number of aliphatic hydroxyl groups is 1. The molecule has 36 heavy (non-hydrogen) atoms. The SMILES string of the molecule is COc1ccc(CN2CCC[C@](O)(COc3ccc(Cl)c(Cl)c3)CC2)cc1OCCCn1cccn1. The van der Waals surface area contributed by atoms with Gasteiger partial charge in [0.15, 0.2) is 11.5 Å². The zero-order chi connectivity index (χ0) is 25.4. The maximum Gasteiger partial charge on any atom is 0.161 e. The number of benzene rings is 2. The average Bonchev–Trinajstić information content (AvgIpc) is 3.33. The summed E-state index contributed by atoms with van der Waals surface area (Å²) in [6.45, 7) is 4.06. The van der Waals surface area contributed by atoms with Crippen LogP contribution >= 0.6 is 23.2 Å². The largest absolute Gasteiger partial charge is 0.493 e. The van der Waals surface area contributed by atoms with E-state index in [1.54, 1.807) is 31.5 Å². The van der Waals surface area contributed by atoms with Gasteiger partial charge in [-0.05, 0) is 61.7 Å². The molecule has 1 aliphatic heterocycles. The van der Waals surface area contributed by atoms with E-state index in [1.165, 1.54) is 0 Å². The van der Waals surface area contributed by atoms with E-state index >= 15 is 0 Å². The Labute approximate surface area is 222 Å². The Kier molecular flexibility index (Phi) is 9.37. The Balaban J connectivity index is 1.29. The minimum Gasteiger partial charge on any atom is -0.493 e. The van der Waals surface area contributed by atoms with Crippen LogP contribution in [0.2, 0.25) is 10.0 Å². The Bertz CT molecular complexity index is 1110. The molecular weight excluding hydrogens is 501 g/mol. The first-order valence-corrected chi connectivity index (χ1v) is 13.0. The summed E-state index contributed by atoms with van der Waals surface area (Å²) in [7, 11) is 1.65. The molecule has 3 aromatic rings. The third-order valence-corrected chi connectivity index (χ3v) is 7.13. The second-order valence-corrected chi connectivity index (χ2v) is 9.99. The van der Waals surface area contributed by atoms with Gasteiger partial charge in [0.1, 0.15) is 12.4 Å². The monoisotopic (exact) mass is 533 g/mol. The van der Waals surface area contributed by atoms with E-state index in [0.717, 1.165) is 56.1 Å². The number of hydrogen-bond acceptors (Lipinski definition) is 6. The van der Waals surface area contributed by atoms with E-state index in [2.05, 4.69) is 22.1 Å². The van der Waals surface area contributed by atoms with E-state index in [-0.39, 0.29) is 6.61 Å². The Hall–Kier alpha value is -2.45. The van der Waals surface area contributed by atoms with Crippen molar-refractivity contribution in [2.24, 2.45) is 0 Å². The first kappa shape index (κ1) is 26.6. The molecule has 4 rings (SSSR count). The molecule has 0 saturated carbocycles. The van der Waals surface area contributed by atoms with Gasteiger partial charge in [-0.2, -0.15) is 5.10 Å². The lowest BCUT2D eigenvalue weighted by Crippen LogP contribution is -2.37. The first-order chi connectivity index (χ1) is 17.4. The van der Waals surface area contributed by atoms with E-state index in [1.807, 2.05) is 23.0 Å². The van der Waals surface area contributed by atoms with Gasteiger partial charge in [-0.1, -0.05) is 29.3 Å². The van der Waals surface area contributed by atoms with E-state index in [4.69, 9.17) is 37.4 Å². The van der Waals surface area contributed by atoms with Gasteiger partial charge in [0.25, 0.3) is 0 Å². The van der Waals surface area contributed by atoms with Crippen LogP contribution in [0.25, 0.3) is 0 Å². The van der Waals surface area contributed by atoms with Crippen LogP contribution in [0.1, 0.15) is 31.2 Å². The number of methoxy groups -OCH3 is 1. The van der Waals surface area contributed by atoms with E-state index < -0.39 is 5.60 Å². The van der Waals surface area contributed by atoms with Crippen LogP contribution in [0, 0.1) is 0 Å². The molecule has 0 unspecified atom stereocenters. The predicted molar refractivity (Wildman–Crippen MR) is 141 cm³/mol. The summed E-state index contributed by atoms with van der Waals surface area (Å²) in [6.07, 6.45) is 6.76. The second kappa shape index (κ2) is 12.7. The van der Waals surface area contributed by atoms with Crippen molar-refractivity contribution in [2.75, 3.05) is 33.4 Å². The molecule has 7 nitrogen and oxygen atoms in total. The van der Waals surface area contributed by atoms with Crippen molar-refractivity contribution >= 4 is 23.2 Å². The Morgan fingerprint density at radius 3 is 2.69 bits per heavy atom. The summed E-state index contributed by atoms with van der Waals surface area (Å²) in [6, 6.07) is 13.1. The van der Waals surface area contributed by atoms with Crippen molar-refractivity contribution in [3.05, 3.63) is 70.5 Å². The summed E-state index contributed by atoms with van der Waals surface area (Å²) >= 11 is 12.1. The summed E-state index contributed by atoms with van der Waals surface area (Å²) in [5, 5.41) is 16.3. The summed E-state index contributed by atoms with van der Waals surface area (Å²) in [4.78, 5) is 2.36. The molecule has 194 valence electrons. The molecule has 1 N–H and O–H groups in total. The van der Waals surface area contributed by atoms with Crippen LogP contribution < -0.4 is 14.2 Å². The molecule has 2 aromatic carbocycles. The van der Waals surface area contributed by atoms with Crippen LogP contribution in [0.5, 0.6) is 17.2 Å². The number of ether oxygens (including phenoxy) is 3. The lowest BCUT2D eigenvalue weighted by Gasteiger charge is -2.27. The van der Waals surface area contributed by atoms with Crippen LogP contribution in [0.15, 0.2) is 54.9 Å². The third-order valence-electron chi connectivity index (χ3n) is 6.39. The van der Waals surface area contributed by atoms with E-state index in [0.29, 0.717) is 35.2 Å². The van der Waals surface area contributed by atoms with Gasteiger partial charge in [0.2, 0.25) is 0 Å². The summed E-state index contributed by atoms with van der Waals surface area (Å²) in [5.74, 6) is 2.08. The van der Waals surface area contributed by atoms with Crippen LogP contribution in [0.3, 0.4) is 0 Å². The average molecular weight is 534 g/mol. The van der Waals surface area contributed by atoms with Crippen molar-refractivity contribution in [1.82, 2.24) is 14.7 Å². The quantitative estimate of drug-likeness (QED) is 0.330. The normalized spacial score (nSPS) is 18.6. The van der Waals surface area contributed by atoms with Crippen LogP contribution in [-0.4, -0.2) is 58.8 Å². The molecule has 0 bridgehead atoms. The van der Waals surface area contributed by atoms with Gasteiger partial charge in [0.05, 0.1) is 29.4 Å². The zero-order valence-corrected chi connectivity index (χ0v) is 22.0. The van der Waals surface area contributed by atoms with Crippen molar-refractivity contribution < 1.29 is 19.3 Å². The van der Waals surface area contributed by atoms with Crippen molar-refractivity contribution in [3.63, 3.8) is 0 Å². The minimum atomic E-state index is -0.885. The number of aromatic nitrogens is 2. The number of nitrogens with zero attached hydrogens (tertiary/aromatic N) is 3. The lowest BCUT2D eigenvalue weighted by molar-refractivity contribution is -0.0168. The molecule has 1 aliphatic rings. The van der Waals surface area contributed by atoms with Crippen LogP contribution in [0.4, 0.5) is 0 Å². The summed E-state index contributed by atoms with van der Waals surface area (Å²) in [5.41, 5.74) is 0.263. The maximum absolute atomic E-state index is 11.2. The topological polar surface area (TPSA) is 69.0 Å². The highest BCUT2D eigenvalue weighted by Crippen LogP contribution is 2.31. The first-order valence-electron chi connectivity index (χ1n) is 12.2. The standard InChI is InChI=1S/C27H33Cl2N3O4/c1-34-25-8-5-21(17-26(25)35-16-4-14-32-13-3-11-30-32)19-31-12-2-9-27(33,10-15-31)20-36-22-6-7-23(28)24(29)18-22/h3,5-8,11,13,17-18,33H,2,4,9-10,12,14-16,19-20H2,1H3/t27-/m1/s1. The third kappa shape index (κ3) is 7.53. The molecule has 0 aliphatic carbocycles. The highest BCUT2D eigenvalue weighted by atomic mass is 35.5. The fraction of sp³-hybridized carbons (Fsp3) is 0.444. The molecule has 0 amide bonds. The molecule has 0 radical (unpaired) electrons. The minimum absolute atomic E-state index is 0.220. The molecule has 0 spiro atoms. The summed E-state index contributed by atoms with van der Waals surface area (Å²) < 4.78 is 19.3. The number of halogens is 2. The van der Waals surface area contributed by atoms with Gasteiger partial charge >= 0.3 is 0 Å². The van der Waals surface area contributed by atoms with Gasteiger partial charge in [-0.15, -0.1) is 0 Å². The fourth-order valence-electron chi connectivity index (χ4n) is 4.35.